The summed E-state index contributed by atoms with van der Waals surface area (Å²) in [6.45, 7) is 1.48. The highest BCUT2D eigenvalue weighted by molar-refractivity contribution is 6.34. The van der Waals surface area contributed by atoms with Crippen molar-refractivity contribution >= 4 is 87.0 Å². The van der Waals surface area contributed by atoms with Gasteiger partial charge in [-0.05, 0) is 97.8 Å². The number of halogens is 3. The number of piperidine rings is 1. The molecule has 0 unspecified atom stereocenters. The van der Waals surface area contributed by atoms with Crippen LogP contribution in [0.5, 0.6) is 0 Å². The maximum atomic E-state index is 12.7. The summed E-state index contributed by atoms with van der Waals surface area (Å²) in [4.78, 5) is 60.0. The predicted octanol–water partition coefficient (Wildman–Crippen LogP) is 9.09. The van der Waals surface area contributed by atoms with Gasteiger partial charge in [0.25, 0.3) is 23.6 Å². The van der Waals surface area contributed by atoms with Crippen molar-refractivity contribution in [2.24, 2.45) is 0 Å². The lowest BCUT2D eigenvalue weighted by Crippen LogP contribution is -2.36. The monoisotopic (exact) mass is 835 g/mol. The second-order valence-corrected chi connectivity index (χ2v) is 14.1. The molecule has 0 aliphatic carbocycles. The van der Waals surface area contributed by atoms with Crippen LogP contribution in [0, 0.1) is 0 Å². The molecular weight excluding hydrogens is 801 g/mol. The largest absolute Gasteiger partial charge is 0.393 e. The van der Waals surface area contributed by atoms with Crippen LogP contribution in [-0.2, 0) is 0 Å². The fourth-order valence-electron chi connectivity index (χ4n) is 5.68. The minimum atomic E-state index is -0.350. The number of aliphatic hydroxyl groups is 1. The number of rotatable bonds is 9. The first-order valence-corrected chi connectivity index (χ1v) is 19.1. The quantitative estimate of drug-likeness (QED) is 0.0900. The van der Waals surface area contributed by atoms with Crippen LogP contribution < -0.4 is 26.2 Å². The second-order valence-electron chi connectivity index (χ2n) is 12.9. The molecule has 2 aromatic heterocycles. The van der Waals surface area contributed by atoms with Crippen molar-refractivity contribution in [2.75, 3.05) is 39.3 Å². The van der Waals surface area contributed by atoms with Gasteiger partial charge in [-0.2, -0.15) is 0 Å². The van der Waals surface area contributed by atoms with Gasteiger partial charge in [-0.3, -0.25) is 19.2 Å². The smallest absolute Gasteiger partial charge is 0.257 e. The number of aromatic nitrogens is 2. The molecule has 4 aromatic carbocycles. The number of nitrogens with zero attached hydrogens (tertiary/aromatic N) is 3. The second kappa shape index (κ2) is 19.7. The van der Waals surface area contributed by atoms with Crippen molar-refractivity contribution < 1.29 is 24.3 Å². The molecule has 58 heavy (non-hydrogen) atoms. The first kappa shape index (κ1) is 41.3. The van der Waals surface area contributed by atoms with Gasteiger partial charge in [0.2, 0.25) is 0 Å². The summed E-state index contributed by atoms with van der Waals surface area (Å²) in [6, 6.07) is 33.9. The molecule has 0 saturated carbocycles. The van der Waals surface area contributed by atoms with E-state index in [0.29, 0.717) is 73.0 Å². The molecule has 5 N–H and O–H groups in total. The average Bonchev–Trinajstić information content (AvgIpc) is 3.24. The van der Waals surface area contributed by atoms with Crippen molar-refractivity contribution in [1.82, 2.24) is 9.97 Å². The van der Waals surface area contributed by atoms with E-state index in [1.165, 1.54) is 18.5 Å². The number of aliphatic hydroxyl groups excluding tert-OH is 1. The summed E-state index contributed by atoms with van der Waals surface area (Å²) in [7, 11) is 0. The average molecular weight is 837 g/mol. The third kappa shape index (κ3) is 11.4. The van der Waals surface area contributed by atoms with Crippen molar-refractivity contribution in [3.05, 3.63) is 171 Å². The van der Waals surface area contributed by atoms with Crippen LogP contribution >= 0.6 is 34.8 Å². The molecule has 1 aliphatic rings. The Kier molecular flexibility index (Phi) is 14.0. The van der Waals surface area contributed by atoms with E-state index >= 15 is 0 Å². The Labute approximate surface area is 349 Å². The predicted molar refractivity (Wildman–Crippen MR) is 229 cm³/mol. The fourth-order valence-corrected chi connectivity index (χ4v) is 6.13. The first-order chi connectivity index (χ1) is 28.0. The van der Waals surface area contributed by atoms with Crippen molar-refractivity contribution in [3.63, 3.8) is 0 Å². The maximum absolute atomic E-state index is 12.7. The maximum Gasteiger partial charge on any atom is 0.257 e. The Hall–Kier alpha value is -6.31. The Morgan fingerprint density at radius 2 is 0.983 bits per heavy atom. The van der Waals surface area contributed by atoms with Crippen molar-refractivity contribution in [3.8, 4) is 0 Å². The van der Waals surface area contributed by atoms with Gasteiger partial charge >= 0.3 is 0 Å². The SMILES string of the molecule is O=C(Nc1ccc(Cl)c(NC(=O)c2ccccc2)c1)c1ccc(Cl)nc1.O=C(Nc1ccc(Cl)c(NC(=O)c2ccccc2)c1)c1ccc(N2CCC(O)CC2)nc1. The molecule has 0 radical (unpaired) electrons. The molecule has 7 rings (SSSR count). The Bertz CT molecular complexity index is 2380. The van der Waals surface area contributed by atoms with Crippen LogP contribution in [0.2, 0.25) is 15.2 Å². The zero-order chi connectivity index (χ0) is 41.0. The van der Waals surface area contributed by atoms with Crippen LogP contribution in [-0.4, -0.2) is 57.9 Å². The normalized spacial score (nSPS) is 12.4. The van der Waals surface area contributed by atoms with Crippen LogP contribution in [0.4, 0.5) is 28.6 Å². The van der Waals surface area contributed by atoms with E-state index in [-0.39, 0.29) is 29.7 Å². The molecule has 0 spiro atoms. The first-order valence-electron chi connectivity index (χ1n) is 18.0. The Morgan fingerprint density at radius 3 is 1.41 bits per heavy atom. The van der Waals surface area contributed by atoms with Gasteiger partial charge in [-0.25, -0.2) is 9.97 Å². The van der Waals surface area contributed by atoms with Gasteiger partial charge in [-0.15, -0.1) is 0 Å². The minimum Gasteiger partial charge on any atom is -0.393 e. The third-order valence-corrected chi connectivity index (χ3v) is 9.69. The van der Waals surface area contributed by atoms with E-state index in [9.17, 15) is 24.3 Å². The van der Waals surface area contributed by atoms with E-state index in [4.69, 9.17) is 34.8 Å². The van der Waals surface area contributed by atoms with Gasteiger partial charge in [0.15, 0.2) is 0 Å². The molecule has 1 saturated heterocycles. The van der Waals surface area contributed by atoms with E-state index in [1.54, 1.807) is 103 Å². The highest BCUT2D eigenvalue weighted by Crippen LogP contribution is 2.28. The van der Waals surface area contributed by atoms with Crippen molar-refractivity contribution in [2.45, 2.75) is 18.9 Å². The van der Waals surface area contributed by atoms with Gasteiger partial charge < -0.3 is 31.3 Å². The number of pyridine rings is 2. The fraction of sp³-hybridized carbons (Fsp3) is 0.116. The summed E-state index contributed by atoms with van der Waals surface area (Å²) in [5.41, 5.74) is 3.56. The molecule has 0 atom stereocenters. The van der Waals surface area contributed by atoms with Gasteiger partial charge in [0, 0.05) is 48.0 Å². The number of benzene rings is 4. The zero-order valence-electron chi connectivity index (χ0n) is 30.7. The standard InChI is InChI=1S/C24H23ClN4O3.C19H13Cl2N3O2/c25-20-8-7-18(14-21(20)28-23(31)16-4-2-1-3-5-16)27-24(32)17-6-9-22(26-15-17)29-12-10-19(30)11-13-29;20-15-8-7-14(23-19(26)13-6-9-17(21)22-11-13)10-16(15)24-18(25)12-4-2-1-3-5-12/h1-9,14-15,19,30H,10-13H2,(H,27,32)(H,28,31);1-11H,(H,23,26)(H,24,25). The Balaban J connectivity index is 0.000000200. The summed E-state index contributed by atoms with van der Waals surface area (Å²) in [6.07, 6.45) is 4.08. The van der Waals surface area contributed by atoms with E-state index in [0.717, 1.165) is 18.9 Å². The van der Waals surface area contributed by atoms with Crippen LogP contribution in [0.3, 0.4) is 0 Å². The number of amides is 4. The van der Waals surface area contributed by atoms with E-state index in [2.05, 4.69) is 36.1 Å². The summed E-state index contributed by atoms with van der Waals surface area (Å²) in [5.74, 6) is -0.470. The molecular formula is C43H36Cl3N7O5. The lowest BCUT2D eigenvalue weighted by molar-refractivity contribution is 0.101. The number of anilines is 5. The highest BCUT2D eigenvalue weighted by atomic mass is 35.5. The molecule has 1 aliphatic heterocycles. The van der Waals surface area contributed by atoms with Gasteiger partial charge in [0.1, 0.15) is 11.0 Å². The molecule has 294 valence electrons. The van der Waals surface area contributed by atoms with Gasteiger partial charge in [-0.1, -0.05) is 71.2 Å². The van der Waals surface area contributed by atoms with Gasteiger partial charge in [0.05, 0.1) is 38.7 Å². The number of hydrogen-bond acceptors (Lipinski definition) is 8. The summed E-state index contributed by atoms with van der Waals surface area (Å²) in [5, 5.41) is 21.7. The molecule has 1 fully saturated rings. The molecule has 0 bridgehead atoms. The summed E-state index contributed by atoms with van der Waals surface area (Å²) >= 11 is 18.1. The highest BCUT2D eigenvalue weighted by Gasteiger charge is 2.19. The minimum absolute atomic E-state index is 0.252. The number of carbonyl (C=O) groups is 4. The molecule has 4 amide bonds. The van der Waals surface area contributed by atoms with Crippen LogP contribution in [0.15, 0.2) is 134 Å². The van der Waals surface area contributed by atoms with Crippen LogP contribution in [0.1, 0.15) is 54.3 Å². The number of nitrogens with one attached hydrogen (secondary N) is 4. The van der Waals surface area contributed by atoms with E-state index in [1.807, 2.05) is 12.1 Å². The number of carbonyl (C=O) groups excluding carboxylic acids is 4. The summed E-state index contributed by atoms with van der Waals surface area (Å²) < 4.78 is 0. The lowest BCUT2D eigenvalue weighted by Gasteiger charge is -2.30. The molecule has 15 heteroatoms. The van der Waals surface area contributed by atoms with E-state index < -0.39 is 0 Å². The zero-order valence-corrected chi connectivity index (χ0v) is 32.9. The molecule has 6 aromatic rings. The van der Waals surface area contributed by atoms with Crippen LogP contribution in [0.25, 0.3) is 0 Å². The van der Waals surface area contributed by atoms with Crippen molar-refractivity contribution in [1.29, 1.82) is 0 Å². The molecule has 12 nitrogen and oxygen atoms in total. The Morgan fingerprint density at radius 1 is 0.534 bits per heavy atom. The third-order valence-electron chi connectivity index (χ3n) is 8.80. The number of hydrogen-bond donors (Lipinski definition) is 5. The molecule has 3 heterocycles. The topological polar surface area (TPSA) is 166 Å². The lowest BCUT2D eigenvalue weighted by atomic mass is 10.1.